The van der Waals surface area contributed by atoms with Gasteiger partial charge in [0.1, 0.15) is 0 Å². The van der Waals surface area contributed by atoms with E-state index in [2.05, 4.69) is 24.1 Å². The lowest BCUT2D eigenvalue weighted by Crippen LogP contribution is -2.14. The molecule has 3 heteroatoms. The van der Waals surface area contributed by atoms with E-state index in [1.54, 1.807) is 0 Å². The van der Waals surface area contributed by atoms with Gasteiger partial charge in [-0.1, -0.05) is 18.8 Å². The van der Waals surface area contributed by atoms with Gasteiger partial charge in [-0.2, -0.15) is 0 Å². The highest BCUT2D eigenvalue weighted by Gasteiger charge is 2.39. The molecule has 3 N–H and O–H groups in total. The Morgan fingerprint density at radius 1 is 1.56 bits per heavy atom. The van der Waals surface area contributed by atoms with E-state index in [-0.39, 0.29) is 11.8 Å². The summed E-state index contributed by atoms with van der Waals surface area (Å²) >= 11 is 0. The highest BCUT2D eigenvalue weighted by molar-refractivity contribution is 5.94. The first-order valence-corrected chi connectivity index (χ1v) is 6.22. The van der Waals surface area contributed by atoms with Gasteiger partial charge >= 0.3 is 0 Å². The number of nitrogens with two attached hydrogens (primary N) is 1. The third-order valence-corrected chi connectivity index (χ3v) is 3.27. The number of aryl methyl sites for hydroxylation is 1. The van der Waals surface area contributed by atoms with Crippen molar-refractivity contribution in [3.05, 3.63) is 29.3 Å². The molecule has 0 heterocycles. The second-order valence-corrected chi connectivity index (χ2v) is 4.84. The van der Waals surface area contributed by atoms with Crippen molar-refractivity contribution in [1.29, 1.82) is 0 Å². The summed E-state index contributed by atoms with van der Waals surface area (Å²) in [5.41, 5.74) is 8.20. The highest BCUT2D eigenvalue weighted by atomic mass is 16.2. The Kier molecular flexibility index (Phi) is 3.69. The molecule has 2 atom stereocenters. The van der Waals surface area contributed by atoms with E-state index >= 15 is 0 Å². The molecule has 0 aromatic heterocycles. The number of amides is 1. The minimum Gasteiger partial charge on any atom is -0.326 e. The van der Waals surface area contributed by atoms with Crippen molar-refractivity contribution in [2.75, 3.05) is 11.9 Å². The minimum absolute atomic E-state index is 0.127. The molecule has 1 aromatic carbocycles. The van der Waals surface area contributed by atoms with Crippen LogP contribution < -0.4 is 11.1 Å². The number of rotatable bonds is 2. The maximum atomic E-state index is 11.8. The number of nitrogens with one attached hydrogen (secondary N) is 1. The van der Waals surface area contributed by atoms with Crippen LogP contribution in [0.15, 0.2) is 18.2 Å². The largest absolute Gasteiger partial charge is 0.326 e. The molecule has 1 aliphatic rings. The maximum absolute atomic E-state index is 11.8. The Hall–Kier alpha value is -1.79. The van der Waals surface area contributed by atoms with Gasteiger partial charge < -0.3 is 11.1 Å². The quantitative estimate of drug-likeness (QED) is 0.778. The van der Waals surface area contributed by atoms with E-state index < -0.39 is 0 Å². The molecule has 1 fully saturated rings. The molecule has 0 spiro atoms. The van der Waals surface area contributed by atoms with Crippen LogP contribution in [0.5, 0.6) is 0 Å². The Bertz CT molecular complexity index is 525. The molecule has 1 aliphatic carbocycles. The van der Waals surface area contributed by atoms with Gasteiger partial charge in [-0.25, -0.2) is 0 Å². The minimum atomic E-state index is 0.127. The summed E-state index contributed by atoms with van der Waals surface area (Å²) in [6.07, 6.45) is 1.00. The SMILES string of the molecule is Cc1cc(NC(=O)C2CC2C)ccc1C#CCN. The fourth-order valence-corrected chi connectivity index (χ4v) is 1.95. The zero-order chi connectivity index (χ0) is 13.1. The molecular formula is C15H18N2O. The van der Waals surface area contributed by atoms with Gasteiger partial charge in [0, 0.05) is 17.2 Å². The van der Waals surface area contributed by atoms with Gasteiger partial charge in [0.15, 0.2) is 0 Å². The Labute approximate surface area is 108 Å². The van der Waals surface area contributed by atoms with Crippen molar-refractivity contribution < 1.29 is 4.79 Å². The molecule has 1 aromatic rings. The van der Waals surface area contributed by atoms with E-state index in [1.807, 2.05) is 25.1 Å². The Balaban J connectivity index is 2.06. The molecule has 2 rings (SSSR count). The van der Waals surface area contributed by atoms with Crippen LogP contribution in [0, 0.1) is 30.6 Å². The van der Waals surface area contributed by atoms with Crippen LogP contribution in [0.1, 0.15) is 24.5 Å². The van der Waals surface area contributed by atoms with Crippen LogP contribution in [-0.2, 0) is 4.79 Å². The van der Waals surface area contributed by atoms with Crippen LogP contribution in [0.3, 0.4) is 0 Å². The average Bonchev–Trinajstić information content (AvgIpc) is 3.05. The average molecular weight is 242 g/mol. The zero-order valence-corrected chi connectivity index (χ0v) is 10.8. The van der Waals surface area contributed by atoms with Crippen LogP contribution in [-0.4, -0.2) is 12.5 Å². The fraction of sp³-hybridized carbons (Fsp3) is 0.400. The smallest absolute Gasteiger partial charge is 0.227 e. The molecule has 1 saturated carbocycles. The summed E-state index contributed by atoms with van der Waals surface area (Å²) in [6, 6.07) is 5.76. The van der Waals surface area contributed by atoms with Crippen LogP contribution in [0.2, 0.25) is 0 Å². The van der Waals surface area contributed by atoms with Crippen LogP contribution >= 0.6 is 0 Å². The maximum Gasteiger partial charge on any atom is 0.227 e. The second-order valence-electron chi connectivity index (χ2n) is 4.84. The Morgan fingerprint density at radius 2 is 2.28 bits per heavy atom. The van der Waals surface area contributed by atoms with E-state index in [4.69, 9.17) is 5.73 Å². The number of hydrogen-bond donors (Lipinski definition) is 2. The van der Waals surface area contributed by atoms with Crippen LogP contribution in [0.25, 0.3) is 0 Å². The van der Waals surface area contributed by atoms with Crippen LogP contribution in [0.4, 0.5) is 5.69 Å². The summed E-state index contributed by atoms with van der Waals surface area (Å²) in [7, 11) is 0. The third kappa shape index (κ3) is 2.91. The molecule has 18 heavy (non-hydrogen) atoms. The third-order valence-electron chi connectivity index (χ3n) is 3.27. The first-order chi connectivity index (χ1) is 8.61. The number of carbonyl (C=O) groups excluding carboxylic acids is 1. The predicted molar refractivity (Wildman–Crippen MR) is 73.0 cm³/mol. The van der Waals surface area contributed by atoms with Crippen molar-refractivity contribution >= 4 is 11.6 Å². The molecule has 1 amide bonds. The van der Waals surface area contributed by atoms with E-state index in [0.29, 0.717) is 12.5 Å². The molecule has 2 unspecified atom stereocenters. The van der Waals surface area contributed by atoms with Gasteiger partial charge in [-0.15, -0.1) is 0 Å². The molecule has 94 valence electrons. The molecule has 0 bridgehead atoms. The summed E-state index contributed by atoms with van der Waals surface area (Å²) in [5, 5.41) is 2.95. The summed E-state index contributed by atoms with van der Waals surface area (Å²) < 4.78 is 0. The molecule has 0 aliphatic heterocycles. The number of carbonyl (C=O) groups is 1. The van der Waals surface area contributed by atoms with E-state index in [0.717, 1.165) is 23.2 Å². The van der Waals surface area contributed by atoms with Crippen molar-refractivity contribution in [3.8, 4) is 11.8 Å². The second kappa shape index (κ2) is 5.24. The predicted octanol–water partition coefficient (Wildman–Crippen LogP) is 1.90. The monoisotopic (exact) mass is 242 g/mol. The van der Waals surface area contributed by atoms with Crippen molar-refractivity contribution in [2.24, 2.45) is 17.6 Å². The summed E-state index contributed by atoms with van der Waals surface area (Å²) in [5.74, 6) is 6.69. The number of hydrogen-bond acceptors (Lipinski definition) is 2. The standard InChI is InChI=1S/C15H18N2O/c1-10-8-13(6-5-12(10)4-3-7-16)17-15(18)14-9-11(14)2/h5-6,8,11,14H,7,9,16H2,1-2H3,(H,17,18). The first-order valence-electron chi connectivity index (χ1n) is 6.22. The summed E-state index contributed by atoms with van der Waals surface area (Å²) in [6.45, 7) is 4.44. The van der Waals surface area contributed by atoms with Crippen molar-refractivity contribution in [2.45, 2.75) is 20.3 Å². The van der Waals surface area contributed by atoms with Crippen molar-refractivity contribution in [3.63, 3.8) is 0 Å². The van der Waals surface area contributed by atoms with E-state index in [1.165, 1.54) is 0 Å². The Morgan fingerprint density at radius 3 is 2.83 bits per heavy atom. The highest BCUT2D eigenvalue weighted by Crippen LogP contribution is 2.38. The fourth-order valence-electron chi connectivity index (χ4n) is 1.95. The van der Waals surface area contributed by atoms with Gasteiger partial charge in [0.25, 0.3) is 0 Å². The lowest BCUT2D eigenvalue weighted by molar-refractivity contribution is -0.117. The number of benzene rings is 1. The number of anilines is 1. The summed E-state index contributed by atoms with van der Waals surface area (Å²) in [4.78, 5) is 11.8. The van der Waals surface area contributed by atoms with Gasteiger partial charge in [0.05, 0.1) is 6.54 Å². The lowest BCUT2D eigenvalue weighted by Gasteiger charge is -2.06. The lowest BCUT2D eigenvalue weighted by atomic mass is 10.1. The van der Waals surface area contributed by atoms with Gasteiger partial charge in [-0.05, 0) is 43.0 Å². The van der Waals surface area contributed by atoms with Gasteiger partial charge in [-0.3, -0.25) is 4.79 Å². The zero-order valence-electron chi connectivity index (χ0n) is 10.8. The molecular weight excluding hydrogens is 224 g/mol. The van der Waals surface area contributed by atoms with Gasteiger partial charge in [0.2, 0.25) is 5.91 Å². The molecule has 3 nitrogen and oxygen atoms in total. The first kappa shape index (κ1) is 12.7. The van der Waals surface area contributed by atoms with E-state index in [9.17, 15) is 4.79 Å². The normalized spacial score (nSPS) is 20.8. The molecule has 0 radical (unpaired) electrons. The topological polar surface area (TPSA) is 55.1 Å². The molecule has 0 saturated heterocycles. The van der Waals surface area contributed by atoms with Crippen molar-refractivity contribution in [1.82, 2.24) is 0 Å².